The maximum atomic E-state index is 12.2. The van der Waals surface area contributed by atoms with Crippen molar-refractivity contribution in [2.24, 2.45) is 0 Å². The lowest BCUT2D eigenvalue weighted by Crippen LogP contribution is -2.31. The van der Waals surface area contributed by atoms with Gasteiger partial charge in [0.25, 0.3) is 0 Å². The lowest BCUT2D eigenvalue weighted by Gasteiger charge is -2.15. The second-order valence-corrected chi connectivity index (χ2v) is 6.23. The average Bonchev–Trinajstić information content (AvgIpc) is 3.14. The van der Waals surface area contributed by atoms with Crippen LogP contribution in [0.5, 0.6) is 17.2 Å². The number of nitrogens with one attached hydrogen (secondary N) is 3. The molecule has 7 nitrogen and oxygen atoms in total. The van der Waals surface area contributed by atoms with Crippen LogP contribution in [0.4, 0.5) is 5.69 Å². The fourth-order valence-corrected chi connectivity index (χ4v) is 3.10. The lowest BCUT2D eigenvalue weighted by molar-refractivity contribution is -0.119. The molecule has 0 fully saturated rings. The summed E-state index contributed by atoms with van der Waals surface area (Å²) in [5.74, 6) is 1.49. The Labute approximate surface area is 164 Å². The zero-order valence-corrected chi connectivity index (χ0v) is 16.3. The molecule has 1 heterocycles. The molecule has 1 amide bonds. The summed E-state index contributed by atoms with van der Waals surface area (Å²) in [4.78, 5) is 15.4. The molecular weight excluding hydrogens is 358 g/mol. The standard InChI is InChI=1S/C21H25N3O4/c1-26-18-10-15(11-19(27-2)21(18)28-3)23-13-20(25)22-9-8-14-12-24-17-7-5-4-6-16(14)17/h4-7,10-12,23-24H,8-9,13H2,1-3H3,(H,22,25). The van der Waals surface area contributed by atoms with Crippen LogP contribution in [0.15, 0.2) is 42.6 Å². The molecule has 3 aromatic rings. The van der Waals surface area contributed by atoms with Crippen LogP contribution in [0.2, 0.25) is 0 Å². The molecule has 0 spiro atoms. The monoisotopic (exact) mass is 383 g/mol. The highest BCUT2D eigenvalue weighted by Gasteiger charge is 2.13. The smallest absolute Gasteiger partial charge is 0.239 e. The maximum absolute atomic E-state index is 12.2. The minimum absolute atomic E-state index is 0.0893. The third kappa shape index (κ3) is 4.31. The Balaban J connectivity index is 1.53. The minimum atomic E-state index is -0.0893. The molecule has 0 aliphatic rings. The van der Waals surface area contributed by atoms with Gasteiger partial charge in [-0.25, -0.2) is 0 Å². The van der Waals surface area contributed by atoms with Gasteiger partial charge in [0.1, 0.15) is 0 Å². The van der Waals surface area contributed by atoms with E-state index in [1.165, 1.54) is 10.9 Å². The zero-order valence-electron chi connectivity index (χ0n) is 16.3. The van der Waals surface area contributed by atoms with E-state index in [0.717, 1.165) is 11.9 Å². The summed E-state index contributed by atoms with van der Waals surface area (Å²) in [7, 11) is 4.66. The maximum Gasteiger partial charge on any atom is 0.239 e. The Hall–Kier alpha value is -3.35. The molecule has 3 N–H and O–H groups in total. The quantitative estimate of drug-likeness (QED) is 0.529. The van der Waals surface area contributed by atoms with E-state index in [1.54, 1.807) is 33.5 Å². The van der Waals surface area contributed by atoms with E-state index in [4.69, 9.17) is 14.2 Å². The molecule has 0 atom stereocenters. The summed E-state index contributed by atoms with van der Waals surface area (Å²) < 4.78 is 15.9. The molecule has 0 saturated heterocycles. The number of para-hydroxylation sites is 1. The number of benzene rings is 2. The molecule has 2 aromatic carbocycles. The summed E-state index contributed by atoms with van der Waals surface area (Å²) in [6.45, 7) is 0.712. The second-order valence-electron chi connectivity index (χ2n) is 6.23. The van der Waals surface area contributed by atoms with Crippen LogP contribution in [0.1, 0.15) is 5.56 Å². The van der Waals surface area contributed by atoms with Gasteiger partial charge >= 0.3 is 0 Å². The molecule has 148 valence electrons. The number of anilines is 1. The van der Waals surface area contributed by atoms with Crippen molar-refractivity contribution in [3.05, 3.63) is 48.2 Å². The number of carbonyl (C=O) groups is 1. The van der Waals surface area contributed by atoms with E-state index >= 15 is 0 Å². The minimum Gasteiger partial charge on any atom is -0.493 e. The second kappa shape index (κ2) is 9.03. The molecule has 0 bridgehead atoms. The van der Waals surface area contributed by atoms with Crippen molar-refractivity contribution in [3.63, 3.8) is 0 Å². The van der Waals surface area contributed by atoms with E-state index in [-0.39, 0.29) is 12.5 Å². The molecule has 0 radical (unpaired) electrons. The first-order chi connectivity index (χ1) is 13.7. The Morgan fingerprint density at radius 2 is 1.75 bits per heavy atom. The summed E-state index contributed by atoms with van der Waals surface area (Å²) in [5.41, 5.74) is 3.00. The first-order valence-corrected chi connectivity index (χ1v) is 9.01. The van der Waals surface area contributed by atoms with Crippen molar-refractivity contribution in [1.82, 2.24) is 10.3 Å². The van der Waals surface area contributed by atoms with Gasteiger partial charge in [0.15, 0.2) is 11.5 Å². The molecule has 0 saturated carbocycles. The van der Waals surface area contributed by atoms with Crippen molar-refractivity contribution in [2.45, 2.75) is 6.42 Å². The Kier molecular flexibility index (Phi) is 6.26. The first kappa shape index (κ1) is 19.4. The van der Waals surface area contributed by atoms with Gasteiger partial charge in [-0.05, 0) is 18.1 Å². The molecular formula is C21H25N3O4. The Morgan fingerprint density at radius 3 is 2.43 bits per heavy atom. The summed E-state index contributed by atoms with van der Waals surface area (Å²) in [6.07, 6.45) is 2.75. The molecule has 0 unspecified atom stereocenters. The van der Waals surface area contributed by atoms with Crippen molar-refractivity contribution >= 4 is 22.5 Å². The number of rotatable bonds is 9. The number of aromatic amines is 1. The topological polar surface area (TPSA) is 84.6 Å². The number of amides is 1. The number of H-pyrrole nitrogens is 1. The Bertz CT molecular complexity index is 927. The van der Waals surface area contributed by atoms with E-state index in [1.807, 2.05) is 24.4 Å². The fraction of sp³-hybridized carbons (Fsp3) is 0.286. The molecule has 3 rings (SSSR count). The summed E-state index contributed by atoms with van der Waals surface area (Å²) in [5, 5.41) is 7.21. The third-order valence-corrected chi connectivity index (χ3v) is 4.51. The number of carbonyl (C=O) groups excluding carboxylic acids is 1. The normalized spacial score (nSPS) is 10.5. The van der Waals surface area contributed by atoms with Gasteiger partial charge in [-0.3, -0.25) is 4.79 Å². The average molecular weight is 383 g/mol. The van der Waals surface area contributed by atoms with E-state index in [9.17, 15) is 4.79 Å². The zero-order chi connectivity index (χ0) is 19.9. The highest BCUT2D eigenvalue weighted by atomic mass is 16.5. The van der Waals surface area contributed by atoms with Gasteiger partial charge in [-0.15, -0.1) is 0 Å². The van der Waals surface area contributed by atoms with E-state index < -0.39 is 0 Å². The summed E-state index contributed by atoms with van der Waals surface area (Å²) >= 11 is 0. The van der Waals surface area contributed by atoms with Crippen LogP contribution >= 0.6 is 0 Å². The fourth-order valence-electron chi connectivity index (χ4n) is 3.10. The molecule has 0 aliphatic carbocycles. The van der Waals surface area contributed by atoms with Crippen molar-refractivity contribution in [3.8, 4) is 17.2 Å². The SMILES string of the molecule is COc1cc(NCC(=O)NCCc2c[nH]c3ccccc23)cc(OC)c1OC. The van der Waals surface area contributed by atoms with Crippen LogP contribution < -0.4 is 24.8 Å². The third-order valence-electron chi connectivity index (χ3n) is 4.51. The number of hydrogen-bond acceptors (Lipinski definition) is 5. The van der Waals surface area contributed by atoms with Crippen LogP contribution in [-0.4, -0.2) is 45.3 Å². The Morgan fingerprint density at radius 1 is 1.04 bits per heavy atom. The molecule has 7 heteroatoms. The van der Waals surface area contributed by atoms with Gasteiger partial charge in [-0.1, -0.05) is 18.2 Å². The number of ether oxygens (including phenoxy) is 3. The largest absolute Gasteiger partial charge is 0.493 e. The lowest BCUT2D eigenvalue weighted by atomic mass is 10.1. The van der Waals surface area contributed by atoms with Gasteiger partial charge in [0.05, 0.1) is 27.9 Å². The van der Waals surface area contributed by atoms with Gasteiger partial charge in [0.2, 0.25) is 11.7 Å². The predicted octanol–water partition coefficient (Wildman–Crippen LogP) is 2.96. The number of methoxy groups -OCH3 is 3. The van der Waals surface area contributed by atoms with Crippen LogP contribution in [0.25, 0.3) is 10.9 Å². The van der Waals surface area contributed by atoms with Crippen LogP contribution in [-0.2, 0) is 11.2 Å². The van der Waals surface area contributed by atoms with Crippen molar-refractivity contribution in [1.29, 1.82) is 0 Å². The van der Waals surface area contributed by atoms with Gasteiger partial charge < -0.3 is 29.8 Å². The van der Waals surface area contributed by atoms with Gasteiger partial charge in [-0.2, -0.15) is 0 Å². The summed E-state index contributed by atoms with van der Waals surface area (Å²) in [6, 6.07) is 11.7. The highest BCUT2D eigenvalue weighted by Crippen LogP contribution is 2.39. The van der Waals surface area contributed by atoms with Crippen molar-refractivity contribution < 1.29 is 19.0 Å². The van der Waals surface area contributed by atoms with E-state index in [0.29, 0.717) is 29.5 Å². The number of aromatic nitrogens is 1. The van der Waals surface area contributed by atoms with Crippen molar-refractivity contribution in [2.75, 3.05) is 39.7 Å². The molecule has 1 aromatic heterocycles. The molecule has 0 aliphatic heterocycles. The van der Waals surface area contributed by atoms with Gasteiger partial charge in [0, 0.05) is 41.5 Å². The highest BCUT2D eigenvalue weighted by molar-refractivity contribution is 5.83. The number of fused-ring (bicyclic) bond motifs is 1. The predicted molar refractivity (Wildman–Crippen MR) is 110 cm³/mol. The first-order valence-electron chi connectivity index (χ1n) is 9.01. The van der Waals surface area contributed by atoms with Crippen LogP contribution in [0, 0.1) is 0 Å². The van der Waals surface area contributed by atoms with E-state index in [2.05, 4.69) is 21.7 Å². The molecule has 28 heavy (non-hydrogen) atoms. The number of hydrogen-bond donors (Lipinski definition) is 3. The van der Waals surface area contributed by atoms with Crippen LogP contribution in [0.3, 0.4) is 0 Å².